The van der Waals surface area contributed by atoms with Gasteiger partial charge in [-0.05, 0) is 24.1 Å². The molecule has 6 heteroatoms. The molecule has 0 unspecified atom stereocenters. The first-order chi connectivity index (χ1) is 13.0. The van der Waals surface area contributed by atoms with Gasteiger partial charge in [0, 0.05) is 20.6 Å². The van der Waals surface area contributed by atoms with Crippen LogP contribution < -0.4 is 5.56 Å². The van der Waals surface area contributed by atoms with Crippen LogP contribution in [-0.4, -0.2) is 34.5 Å². The van der Waals surface area contributed by atoms with E-state index in [1.54, 1.807) is 29.6 Å². The Bertz CT molecular complexity index is 999. The van der Waals surface area contributed by atoms with E-state index in [0.717, 1.165) is 12.0 Å². The van der Waals surface area contributed by atoms with Crippen LogP contribution in [0, 0.1) is 0 Å². The minimum atomic E-state index is -0.461. The lowest BCUT2D eigenvalue weighted by Gasteiger charge is -2.22. The minimum Gasteiger partial charge on any atom is -0.348 e. The van der Waals surface area contributed by atoms with Crippen LogP contribution in [0.1, 0.15) is 24.2 Å². The molecule has 0 saturated heterocycles. The number of hydrogen-bond acceptors (Lipinski definition) is 4. The third-order valence-electron chi connectivity index (χ3n) is 4.26. The summed E-state index contributed by atoms with van der Waals surface area (Å²) in [6.45, 7) is 2.59. The van der Waals surface area contributed by atoms with Gasteiger partial charge in [0.05, 0.1) is 10.9 Å². The summed E-state index contributed by atoms with van der Waals surface area (Å²) in [7, 11) is 3.48. The van der Waals surface area contributed by atoms with Crippen molar-refractivity contribution in [3.63, 3.8) is 0 Å². The summed E-state index contributed by atoms with van der Waals surface area (Å²) in [5.41, 5.74) is 1.49. The van der Waals surface area contributed by atoms with Gasteiger partial charge < -0.3 is 4.90 Å². The topological polar surface area (TPSA) is 55.2 Å². The van der Waals surface area contributed by atoms with Crippen LogP contribution in [0.4, 0.5) is 0 Å². The van der Waals surface area contributed by atoms with Gasteiger partial charge in [-0.2, -0.15) is 0 Å². The number of benzene rings is 2. The molecule has 0 aliphatic rings. The van der Waals surface area contributed by atoms with Crippen LogP contribution in [0.3, 0.4) is 0 Å². The maximum atomic E-state index is 13.0. The van der Waals surface area contributed by atoms with E-state index in [9.17, 15) is 9.59 Å². The highest BCUT2D eigenvalue weighted by Gasteiger charge is 2.26. The molecule has 2 aromatic carbocycles. The lowest BCUT2D eigenvalue weighted by Crippen LogP contribution is -2.28. The highest BCUT2D eigenvalue weighted by Crippen LogP contribution is 2.35. The summed E-state index contributed by atoms with van der Waals surface area (Å²) in [6.07, 6.45) is 0.811. The number of para-hydroxylation sites is 1. The first-order valence-corrected chi connectivity index (χ1v) is 9.83. The monoisotopic (exact) mass is 381 g/mol. The molecular formula is C21H23N3O2S. The van der Waals surface area contributed by atoms with Gasteiger partial charge >= 0.3 is 0 Å². The van der Waals surface area contributed by atoms with Crippen LogP contribution in [0.5, 0.6) is 0 Å². The average molecular weight is 382 g/mol. The second-order valence-corrected chi connectivity index (χ2v) is 7.58. The van der Waals surface area contributed by atoms with Gasteiger partial charge in [-0.1, -0.05) is 61.2 Å². The Morgan fingerprint density at radius 1 is 1.11 bits per heavy atom. The molecule has 0 fully saturated rings. The SMILES string of the molecule is CCCn1c(S[C@H](C(=O)N(C)C)c2ccccc2)nc2ccccc2c1=O. The molecule has 5 nitrogen and oxygen atoms in total. The number of amides is 1. The maximum Gasteiger partial charge on any atom is 0.262 e. The zero-order valence-electron chi connectivity index (χ0n) is 15.8. The van der Waals surface area contributed by atoms with E-state index in [4.69, 9.17) is 4.98 Å². The van der Waals surface area contributed by atoms with Crippen molar-refractivity contribution >= 4 is 28.6 Å². The summed E-state index contributed by atoms with van der Waals surface area (Å²) >= 11 is 1.33. The number of aromatic nitrogens is 2. The van der Waals surface area contributed by atoms with Crippen molar-refractivity contribution in [1.82, 2.24) is 14.5 Å². The highest BCUT2D eigenvalue weighted by atomic mass is 32.2. The Morgan fingerprint density at radius 2 is 1.78 bits per heavy atom. The van der Waals surface area contributed by atoms with Crippen LogP contribution in [0.25, 0.3) is 10.9 Å². The molecule has 1 aromatic heterocycles. The standard InChI is InChI=1S/C21H23N3O2S/c1-4-14-24-19(25)16-12-8-9-13-17(16)22-21(24)27-18(20(26)23(2)3)15-10-6-5-7-11-15/h5-13,18H,4,14H2,1-3H3/t18-/m0/s1. The summed E-state index contributed by atoms with van der Waals surface area (Å²) in [5, 5.41) is 0.715. The van der Waals surface area contributed by atoms with E-state index in [0.29, 0.717) is 22.6 Å². The number of hydrogen-bond donors (Lipinski definition) is 0. The Morgan fingerprint density at radius 3 is 2.44 bits per heavy atom. The number of likely N-dealkylation sites (N-methyl/N-ethyl adjacent to an activating group) is 1. The largest absolute Gasteiger partial charge is 0.348 e. The molecule has 0 aliphatic carbocycles. The summed E-state index contributed by atoms with van der Waals surface area (Å²) in [5.74, 6) is -0.0309. The minimum absolute atomic E-state index is 0.0309. The maximum absolute atomic E-state index is 13.0. The Balaban J connectivity index is 2.13. The van der Waals surface area contributed by atoms with Gasteiger partial charge in [0.2, 0.25) is 5.91 Å². The molecule has 0 bridgehead atoms. The molecule has 1 heterocycles. The van der Waals surface area contributed by atoms with Crippen molar-refractivity contribution in [2.45, 2.75) is 30.3 Å². The molecule has 140 valence electrons. The van der Waals surface area contributed by atoms with Gasteiger partial charge in [-0.25, -0.2) is 4.98 Å². The third-order valence-corrected chi connectivity index (χ3v) is 5.50. The number of nitrogens with zero attached hydrogens (tertiary/aromatic N) is 3. The highest BCUT2D eigenvalue weighted by molar-refractivity contribution is 8.00. The molecule has 3 aromatic rings. The molecule has 0 radical (unpaired) electrons. The Hall–Kier alpha value is -2.60. The molecule has 1 amide bonds. The second kappa shape index (κ2) is 8.39. The third kappa shape index (κ3) is 4.06. The van der Waals surface area contributed by atoms with Crippen LogP contribution in [0.15, 0.2) is 64.5 Å². The number of carbonyl (C=O) groups excluding carboxylic acids is 1. The lowest BCUT2D eigenvalue weighted by atomic mass is 10.1. The van der Waals surface area contributed by atoms with Crippen LogP contribution in [-0.2, 0) is 11.3 Å². The lowest BCUT2D eigenvalue weighted by molar-refractivity contribution is -0.128. The molecule has 3 rings (SSSR count). The van der Waals surface area contributed by atoms with Crippen molar-refractivity contribution in [1.29, 1.82) is 0 Å². The van der Waals surface area contributed by atoms with Gasteiger partial charge in [-0.15, -0.1) is 0 Å². The van der Waals surface area contributed by atoms with E-state index in [1.165, 1.54) is 11.8 Å². The van der Waals surface area contributed by atoms with E-state index < -0.39 is 5.25 Å². The molecule has 27 heavy (non-hydrogen) atoms. The van der Waals surface area contributed by atoms with E-state index >= 15 is 0 Å². The van der Waals surface area contributed by atoms with Gasteiger partial charge in [0.15, 0.2) is 5.16 Å². The van der Waals surface area contributed by atoms with Gasteiger partial charge in [0.25, 0.3) is 5.56 Å². The quantitative estimate of drug-likeness (QED) is 0.482. The number of thioether (sulfide) groups is 1. The first-order valence-electron chi connectivity index (χ1n) is 8.95. The second-order valence-electron chi connectivity index (χ2n) is 6.51. The van der Waals surface area contributed by atoms with Gasteiger partial charge in [0.1, 0.15) is 5.25 Å². The van der Waals surface area contributed by atoms with Crippen LogP contribution in [0.2, 0.25) is 0 Å². The molecule has 0 spiro atoms. The molecule has 0 aliphatic heterocycles. The van der Waals surface area contributed by atoms with E-state index in [2.05, 4.69) is 0 Å². The zero-order valence-corrected chi connectivity index (χ0v) is 16.6. The first kappa shape index (κ1) is 19.2. The Kier molecular flexibility index (Phi) is 5.96. The molecule has 1 atom stereocenters. The summed E-state index contributed by atoms with van der Waals surface area (Å²) in [4.78, 5) is 32.1. The fourth-order valence-corrected chi connectivity index (χ4v) is 4.16. The van der Waals surface area contributed by atoms with Crippen molar-refractivity contribution in [3.05, 3.63) is 70.5 Å². The van der Waals surface area contributed by atoms with Crippen LogP contribution >= 0.6 is 11.8 Å². The fourth-order valence-electron chi connectivity index (χ4n) is 2.89. The Labute approximate surface area is 163 Å². The van der Waals surface area contributed by atoms with Gasteiger partial charge in [-0.3, -0.25) is 14.2 Å². The summed E-state index contributed by atoms with van der Waals surface area (Å²) < 4.78 is 1.69. The average Bonchev–Trinajstić information content (AvgIpc) is 2.69. The van der Waals surface area contributed by atoms with Crippen molar-refractivity contribution in [2.24, 2.45) is 0 Å². The predicted molar refractivity (Wildman–Crippen MR) is 110 cm³/mol. The van der Waals surface area contributed by atoms with E-state index in [-0.39, 0.29) is 11.5 Å². The van der Waals surface area contributed by atoms with Crippen molar-refractivity contribution < 1.29 is 4.79 Å². The predicted octanol–water partition coefficient (Wildman–Crippen LogP) is 3.73. The van der Waals surface area contributed by atoms with E-state index in [1.807, 2.05) is 55.5 Å². The molecule has 0 N–H and O–H groups in total. The molecular weight excluding hydrogens is 358 g/mol. The van der Waals surface area contributed by atoms with Crippen molar-refractivity contribution in [3.8, 4) is 0 Å². The number of rotatable bonds is 6. The molecule has 0 saturated carbocycles. The number of carbonyl (C=O) groups is 1. The fraction of sp³-hybridized carbons (Fsp3) is 0.286. The normalized spacial score (nSPS) is 12.1. The van der Waals surface area contributed by atoms with Crippen molar-refractivity contribution in [2.75, 3.05) is 14.1 Å². The smallest absolute Gasteiger partial charge is 0.262 e. The number of fused-ring (bicyclic) bond motifs is 1. The zero-order chi connectivity index (χ0) is 19.4. The summed E-state index contributed by atoms with van der Waals surface area (Å²) in [6, 6.07) is 17.0.